The Kier molecular flexibility index (Phi) is 5.93. The lowest BCUT2D eigenvalue weighted by Crippen LogP contribution is -2.42. The molecule has 3 nitrogen and oxygen atoms in total. The molecule has 2 atom stereocenters. The maximum absolute atomic E-state index is 5.30. The summed E-state index contributed by atoms with van der Waals surface area (Å²) in [5.41, 5.74) is 0. The molecule has 0 aromatic carbocycles. The van der Waals surface area contributed by atoms with Crippen LogP contribution in [0.2, 0.25) is 0 Å². The molecule has 3 heteroatoms. The molecular weight excluding hydrogens is 224 g/mol. The van der Waals surface area contributed by atoms with E-state index < -0.39 is 0 Å². The third-order valence-electron chi connectivity index (χ3n) is 4.39. The number of likely N-dealkylation sites (tertiary alicyclic amines) is 1. The van der Waals surface area contributed by atoms with Crippen molar-refractivity contribution in [2.24, 2.45) is 5.92 Å². The highest BCUT2D eigenvalue weighted by molar-refractivity contribution is 4.81. The number of methoxy groups -OCH3 is 1. The van der Waals surface area contributed by atoms with Crippen molar-refractivity contribution in [3.05, 3.63) is 0 Å². The molecule has 1 heterocycles. The van der Waals surface area contributed by atoms with E-state index in [9.17, 15) is 0 Å². The minimum Gasteiger partial charge on any atom is -0.384 e. The molecule has 1 aliphatic carbocycles. The molecule has 1 aliphatic heterocycles. The molecular formula is C15H30N2O. The smallest absolute Gasteiger partial charge is 0.0502 e. The number of ether oxygens (including phenoxy) is 1. The van der Waals surface area contributed by atoms with Crippen molar-refractivity contribution < 1.29 is 4.74 Å². The highest BCUT2D eigenvalue weighted by atomic mass is 16.5. The van der Waals surface area contributed by atoms with Crippen molar-refractivity contribution in [2.45, 2.75) is 57.5 Å². The van der Waals surface area contributed by atoms with Gasteiger partial charge in [-0.25, -0.2) is 0 Å². The molecule has 1 saturated heterocycles. The summed E-state index contributed by atoms with van der Waals surface area (Å²) in [6, 6.07) is 1.60. The van der Waals surface area contributed by atoms with Gasteiger partial charge in [-0.2, -0.15) is 0 Å². The van der Waals surface area contributed by atoms with Crippen LogP contribution in [0, 0.1) is 5.92 Å². The van der Waals surface area contributed by atoms with Crippen LogP contribution < -0.4 is 5.32 Å². The van der Waals surface area contributed by atoms with Gasteiger partial charge in [0, 0.05) is 25.7 Å². The van der Waals surface area contributed by atoms with E-state index in [1.807, 2.05) is 7.11 Å². The van der Waals surface area contributed by atoms with Crippen molar-refractivity contribution >= 4 is 0 Å². The van der Waals surface area contributed by atoms with Crippen LogP contribution in [0.15, 0.2) is 0 Å². The molecule has 1 saturated carbocycles. The maximum Gasteiger partial charge on any atom is 0.0502 e. The summed E-state index contributed by atoms with van der Waals surface area (Å²) in [5.74, 6) is 0.760. The molecule has 2 fully saturated rings. The topological polar surface area (TPSA) is 24.5 Å². The number of hydrogen-bond acceptors (Lipinski definition) is 3. The Morgan fingerprint density at radius 3 is 2.89 bits per heavy atom. The van der Waals surface area contributed by atoms with Gasteiger partial charge in [0.2, 0.25) is 0 Å². The highest BCUT2D eigenvalue weighted by Gasteiger charge is 2.23. The lowest BCUT2D eigenvalue weighted by Gasteiger charge is -2.36. The summed E-state index contributed by atoms with van der Waals surface area (Å²) in [6.07, 6.45) is 8.16. The SMILES string of the molecule is COCC1CCCN(C(C)CCCNC2CC2)C1. The molecule has 0 spiro atoms. The van der Waals surface area contributed by atoms with E-state index in [4.69, 9.17) is 4.74 Å². The Morgan fingerprint density at radius 1 is 1.33 bits per heavy atom. The largest absolute Gasteiger partial charge is 0.384 e. The Morgan fingerprint density at radius 2 is 2.17 bits per heavy atom. The lowest BCUT2D eigenvalue weighted by atomic mass is 9.97. The molecule has 0 aromatic rings. The third kappa shape index (κ3) is 4.87. The Bertz CT molecular complexity index is 229. The van der Waals surface area contributed by atoms with Gasteiger partial charge < -0.3 is 15.0 Å². The van der Waals surface area contributed by atoms with Crippen LogP contribution in [0.3, 0.4) is 0 Å². The Hall–Kier alpha value is -0.120. The second-order valence-corrected chi connectivity index (χ2v) is 6.18. The van der Waals surface area contributed by atoms with Gasteiger partial charge >= 0.3 is 0 Å². The molecule has 2 aliphatic rings. The zero-order chi connectivity index (χ0) is 12.8. The predicted octanol–water partition coefficient (Wildman–Crippen LogP) is 2.27. The van der Waals surface area contributed by atoms with Gasteiger partial charge in [0.15, 0.2) is 0 Å². The van der Waals surface area contributed by atoms with Gasteiger partial charge in [-0.05, 0) is 64.5 Å². The number of nitrogens with one attached hydrogen (secondary N) is 1. The number of piperidine rings is 1. The quantitative estimate of drug-likeness (QED) is 0.673. The van der Waals surface area contributed by atoms with E-state index >= 15 is 0 Å². The van der Waals surface area contributed by atoms with Crippen molar-refractivity contribution in [3.63, 3.8) is 0 Å². The molecule has 0 amide bonds. The van der Waals surface area contributed by atoms with Gasteiger partial charge in [0.05, 0.1) is 6.61 Å². The average Bonchev–Trinajstić information content (AvgIpc) is 3.19. The molecule has 1 N–H and O–H groups in total. The van der Waals surface area contributed by atoms with Crippen LogP contribution >= 0.6 is 0 Å². The van der Waals surface area contributed by atoms with E-state index in [0.29, 0.717) is 0 Å². The van der Waals surface area contributed by atoms with E-state index in [1.165, 1.54) is 58.2 Å². The fourth-order valence-corrected chi connectivity index (χ4v) is 3.04. The minimum atomic E-state index is 0.741. The van der Waals surface area contributed by atoms with Gasteiger partial charge in [-0.1, -0.05) is 0 Å². The number of hydrogen-bond donors (Lipinski definition) is 1. The molecule has 18 heavy (non-hydrogen) atoms. The van der Waals surface area contributed by atoms with Crippen molar-refractivity contribution in [3.8, 4) is 0 Å². The van der Waals surface area contributed by atoms with Crippen LogP contribution in [-0.2, 0) is 4.74 Å². The molecule has 0 radical (unpaired) electrons. The van der Waals surface area contributed by atoms with Crippen LogP contribution in [0.25, 0.3) is 0 Å². The van der Waals surface area contributed by atoms with Gasteiger partial charge in [0.1, 0.15) is 0 Å². The fourth-order valence-electron chi connectivity index (χ4n) is 3.04. The summed E-state index contributed by atoms with van der Waals surface area (Å²) in [6.45, 7) is 7.08. The first-order valence-corrected chi connectivity index (χ1v) is 7.76. The normalized spacial score (nSPS) is 27.3. The number of nitrogens with zero attached hydrogens (tertiary/aromatic N) is 1. The van der Waals surface area contributed by atoms with Crippen molar-refractivity contribution in [1.82, 2.24) is 10.2 Å². The number of rotatable bonds is 8. The summed E-state index contributed by atoms with van der Waals surface area (Å²) >= 11 is 0. The molecule has 0 bridgehead atoms. The molecule has 0 aromatic heterocycles. The van der Waals surface area contributed by atoms with Crippen LogP contribution in [-0.4, -0.2) is 50.3 Å². The maximum atomic E-state index is 5.30. The highest BCUT2D eigenvalue weighted by Crippen LogP contribution is 2.21. The van der Waals surface area contributed by atoms with Gasteiger partial charge in [-0.15, -0.1) is 0 Å². The van der Waals surface area contributed by atoms with E-state index in [-0.39, 0.29) is 0 Å². The van der Waals surface area contributed by atoms with Crippen molar-refractivity contribution in [2.75, 3.05) is 33.4 Å². The minimum absolute atomic E-state index is 0.741. The summed E-state index contributed by atoms with van der Waals surface area (Å²) in [4.78, 5) is 2.67. The van der Waals surface area contributed by atoms with Gasteiger partial charge in [0.25, 0.3) is 0 Å². The molecule has 2 rings (SSSR count). The molecule has 2 unspecified atom stereocenters. The van der Waals surface area contributed by atoms with Crippen LogP contribution in [0.4, 0.5) is 0 Å². The Balaban J connectivity index is 1.59. The standard InChI is InChI=1S/C15H30N2O/c1-13(5-3-9-16-15-7-8-15)17-10-4-6-14(11-17)12-18-2/h13-16H,3-12H2,1-2H3. The first-order chi connectivity index (χ1) is 8.79. The fraction of sp³-hybridized carbons (Fsp3) is 1.00. The van der Waals surface area contributed by atoms with Crippen LogP contribution in [0.5, 0.6) is 0 Å². The summed E-state index contributed by atoms with van der Waals surface area (Å²) in [7, 11) is 1.83. The van der Waals surface area contributed by atoms with E-state index in [1.54, 1.807) is 0 Å². The monoisotopic (exact) mass is 254 g/mol. The van der Waals surface area contributed by atoms with Gasteiger partial charge in [-0.3, -0.25) is 0 Å². The predicted molar refractivity (Wildman–Crippen MR) is 75.9 cm³/mol. The second kappa shape index (κ2) is 7.46. The summed E-state index contributed by atoms with van der Waals surface area (Å²) in [5, 5.41) is 3.61. The molecule has 106 valence electrons. The van der Waals surface area contributed by atoms with Crippen molar-refractivity contribution in [1.29, 1.82) is 0 Å². The average molecular weight is 254 g/mol. The van der Waals surface area contributed by atoms with Crippen LogP contribution in [0.1, 0.15) is 45.4 Å². The summed E-state index contributed by atoms with van der Waals surface area (Å²) < 4.78 is 5.30. The zero-order valence-corrected chi connectivity index (χ0v) is 12.2. The third-order valence-corrected chi connectivity index (χ3v) is 4.39. The second-order valence-electron chi connectivity index (χ2n) is 6.18. The lowest BCUT2D eigenvalue weighted by molar-refractivity contribution is 0.0697. The van der Waals surface area contributed by atoms with E-state index in [2.05, 4.69) is 17.1 Å². The van der Waals surface area contributed by atoms with E-state index in [0.717, 1.165) is 24.6 Å². The Labute approximate surface area is 112 Å². The zero-order valence-electron chi connectivity index (χ0n) is 12.2. The first-order valence-electron chi connectivity index (χ1n) is 7.76. The first kappa shape index (κ1) is 14.3.